The molecular weight excluding hydrogens is 200 g/mol. The Balaban J connectivity index is 2.48. The molecule has 0 bridgehead atoms. The summed E-state index contributed by atoms with van der Waals surface area (Å²) in [7, 11) is 0. The third kappa shape index (κ3) is 1.30. The van der Waals surface area contributed by atoms with Gasteiger partial charge in [0.25, 0.3) is 0 Å². The zero-order chi connectivity index (χ0) is 11.1. The number of benzene rings is 1. The maximum Gasteiger partial charge on any atom is 0.336 e. The predicted octanol–water partition coefficient (Wildman–Crippen LogP) is 3.06. The molecule has 0 N–H and O–H groups in total. The summed E-state index contributed by atoms with van der Waals surface area (Å²) in [5.41, 5.74) is 3.84. The molecule has 1 aromatic heterocycles. The maximum absolute atomic E-state index is 11.4. The molecule has 1 aromatic carbocycles. The molecule has 0 saturated carbocycles. The molecule has 0 spiro atoms. The lowest BCUT2D eigenvalue weighted by Gasteiger charge is -2.12. The van der Waals surface area contributed by atoms with Crippen LogP contribution in [-0.2, 0) is 6.42 Å². The van der Waals surface area contributed by atoms with Gasteiger partial charge in [-0.25, -0.2) is 4.79 Å². The number of aryl methyl sites for hydroxylation is 2. The summed E-state index contributed by atoms with van der Waals surface area (Å²) in [6.07, 6.45) is 6.22. The fourth-order valence-corrected chi connectivity index (χ4v) is 2.31. The molecule has 16 heavy (non-hydrogen) atoms. The van der Waals surface area contributed by atoms with Gasteiger partial charge >= 0.3 is 5.63 Å². The van der Waals surface area contributed by atoms with Crippen molar-refractivity contribution in [1.82, 2.24) is 0 Å². The highest BCUT2D eigenvalue weighted by molar-refractivity contribution is 5.86. The van der Waals surface area contributed by atoms with Crippen molar-refractivity contribution in [1.29, 1.82) is 0 Å². The molecule has 0 radical (unpaired) electrons. The SMILES string of the molecule is Cc1cc(=O)oc2c3c(ccc12)C=CCC3. The third-order valence-electron chi connectivity index (χ3n) is 3.12. The second-order valence-corrected chi connectivity index (χ2v) is 4.20. The van der Waals surface area contributed by atoms with E-state index >= 15 is 0 Å². The first-order chi connectivity index (χ1) is 7.75. The van der Waals surface area contributed by atoms with Crippen LogP contribution in [0, 0.1) is 6.92 Å². The second-order valence-electron chi connectivity index (χ2n) is 4.20. The van der Waals surface area contributed by atoms with E-state index in [-0.39, 0.29) is 5.63 Å². The molecule has 1 aliphatic rings. The molecule has 1 aliphatic carbocycles. The Morgan fingerprint density at radius 2 is 2.19 bits per heavy atom. The Morgan fingerprint density at radius 1 is 1.31 bits per heavy atom. The van der Waals surface area contributed by atoms with Gasteiger partial charge in [-0.3, -0.25) is 0 Å². The lowest BCUT2D eigenvalue weighted by Crippen LogP contribution is -2.02. The van der Waals surface area contributed by atoms with Crippen LogP contribution in [0.25, 0.3) is 17.0 Å². The lowest BCUT2D eigenvalue weighted by molar-refractivity contribution is 0.555. The van der Waals surface area contributed by atoms with Crippen molar-refractivity contribution in [3.63, 3.8) is 0 Å². The molecule has 2 nitrogen and oxygen atoms in total. The normalized spacial score (nSPS) is 14.1. The van der Waals surface area contributed by atoms with Crippen LogP contribution in [0.1, 0.15) is 23.1 Å². The molecular formula is C14H12O2. The molecule has 0 fully saturated rings. The van der Waals surface area contributed by atoms with Crippen molar-refractivity contribution in [2.45, 2.75) is 19.8 Å². The number of allylic oxidation sites excluding steroid dienone is 1. The van der Waals surface area contributed by atoms with Crippen LogP contribution in [0.2, 0.25) is 0 Å². The summed E-state index contributed by atoms with van der Waals surface area (Å²) in [5, 5.41) is 1.05. The first kappa shape index (κ1) is 9.40. The van der Waals surface area contributed by atoms with E-state index < -0.39 is 0 Å². The molecule has 0 saturated heterocycles. The van der Waals surface area contributed by atoms with E-state index in [1.54, 1.807) is 6.07 Å². The molecule has 0 unspecified atom stereocenters. The van der Waals surface area contributed by atoms with Gasteiger partial charge in [-0.2, -0.15) is 0 Å². The van der Waals surface area contributed by atoms with Crippen LogP contribution < -0.4 is 5.63 Å². The zero-order valence-electron chi connectivity index (χ0n) is 9.12. The molecule has 0 amide bonds. The monoisotopic (exact) mass is 212 g/mol. The predicted molar refractivity (Wildman–Crippen MR) is 64.6 cm³/mol. The smallest absolute Gasteiger partial charge is 0.336 e. The minimum absolute atomic E-state index is 0.257. The molecule has 2 heteroatoms. The number of fused-ring (bicyclic) bond motifs is 3. The summed E-state index contributed by atoms with van der Waals surface area (Å²) in [4.78, 5) is 11.4. The quantitative estimate of drug-likeness (QED) is 0.628. The largest absolute Gasteiger partial charge is 0.422 e. The third-order valence-corrected chi connectivity index (χ3v) is 3.12. The second kappa shape index (κ2) is 3.34. The van der Waals surface area contributed by atoms with Gasteiger partial charge in [0.2, 0.25) is 0 Å². The minimum Gasteiger partial charge on any atom is -0.422 e. The molecule has 0 atom stereocenters. The molecule has 0 aliphatic heterocycles. The van der Waals surface area contributed by atoms with Crippen molar-refractivity contribution in [2.75, 3.05) is 0 Å². The minimum atomic E-state index is -0.257. The summed E-state index contributed by atoms with van der Waals surface area (Å²) in [6, 6.07) is 5.68. The number of hydrogen-bond acceptors (Lipinski definition) is 2. The Morgan fingerprint density at radius 3 is 3.06 bits per heavy atom. The summed E-state index contributed by atoms with van der Waals surface area (Å²) in [6.45, 7) is 1.95. The topological polar surface area (TPSA) is 30.2 Å². The van der Waals surface area contributed by atoms with E-state index in [1.807, 2.05) is 13.0 Å². The van der Waals surface area contributed by atoms with Gasteiger partial charge in [0.05, 0.1) is 0 Å². The van der Waals surface area contributed by atoms with Crippen LogP contribution in [-0.4, -0.2) is 0 Å². The first-order valence-electron chi connectivity index (χ1n) is 5.48. The molecule has 80 valence electrons. The van der Waals surface area contributed by atoms with Crippen LogP contribution in [0.3, 0.4) is 0 Å². The van der Waals surface area contributed by atoms with Gasteiger partial charge in [-0.15, -0.1) is 0 Å². The van der Waals surface area contributed by atoms with E-state index in [1.165, 1.54) is 11.1 Å². The fraction of sp³-hybridized carbons (Fsp3) is 0.214. The molecule has 1 heterocycles. The van der Waals surface area contributed by atoms with Gasteiger partial charge in [-0.05, 0) is 30.9 Å². The molecule has 3 rings (SSSR count). The van der Waals surface area contributed by atoms with E-state index in [4.69, 9.17) is 4.42 Å². The van der Waals surface area contributed by atoms with Gasteiger partial charge in [0.1, 0.15) is 5.58 Å². The van der Waals surface area contributed by atoms with E-state index in [0.29, 0.717) is 0 Å². The Hall–Kier alpha value is -1.83. The van der Waals surface area contributed by atoms with Gasteiger partial charge in [0.15, 0.2) is 0 Å². The first-order valence-corrected chi connectivity index (χ1v) is 5.48. The highest BCUT2D eigenvalue weighted by Crippen LogP contribution is 2.28. The summed E-state index contributed by atoms with van der Waals surface area (Å²) >= 11 is 0. The van der Waals surface area contributed by atoms with Crippen molar-refractivity contribution < 1.29 is 4.42 Å². The van der Waals surface area contributed by atoms with Crippen molar-refractivity contribution in [2.24, 2.45) is 0 Å². The van der Waals surface area contributed by atoms with Crippen molar-refractivity contribution in [3.8, 4) is 0 Å². The Bertz CT molecular complexity index is 648. The van der Waals surface area contributed by atoms with Crippen LogP contribution in [0.4, 0.5) is 0 Å². The summed E-state index contributed by atoms with van der Waals surface area (Å²) < 4.78 is 5.35. The van der Waals surface area contributed by atoms with Crippen LogP contribution >= 0.6 is 0 Å². The summed E-state index contributed by atoms with van der Waals surface area (Å²) in [5.74, 6) is 0. The standard InChI is InChI=1S/C14H12O2/c1-9-8-13(15)16-14-11(9)7-6-10-4-2-3-5-12(10)14/h2,4,6-8H,3,5H2,1H3. The van der Waals surface area contributed by atoms with Crippen LogP contribution in [0.5, 0.6) is 0 Å². The Labute approximate surface area is 93.2 Å². The lowest BCUT2D eigenvalue weighted by atomic mass is 9.94. The van der Waals surface area contributed by atoms with Crippen molar-refractivity contribution >= 4 is 17.0 Å². The number of rotatable bonds is 0. The average molecular weight is 212 g/mol. The fourth-order valence-electron chi connectivity index (χ4n) is 2.31. The van der Waals surface area contributed by atoms with Gasteiger partial charge < -0.3 is 4.42 Å². The Kier molecular flexibility index (Phi) is 1.96. The maximum atomic E-state index is 11.4. The average Bonchev–Trinajstić information content (AvgIpc) is 2.28. The van der Waals surface area contributed by atoms with E-state index in [2.05, 4.69) is 18.2 Å². The highest BCUT2D eigenvalue weighted by Gasteiger charge is 2.12. The highest BCUT2D eigenvalue weighted by atomic mass is 16.4. The van der Waals surface area contributed by atoms with E-state index in [9.17, 15) is 4.79 Å². The number of hydrogen-bond donors (Lipinski definition) is 0. The van der Waals surface area contributed by atoms with Crippen LogP contribution in [0.15, 0.2) is 33.5 Å². The van der Waals surface area contributed by atoms with Gasteiger partial charge in [0, 0.05) is 17.0 Å². The van der Waals surface area contributed by atoms with Crippen molar-refractivity contribution in [3.05, 3.63) is 51.4 Å². The van der Waals surface area contributed by atoms with E-state index in [0.717, 1.165) is 29.4 Å². The van der Waals surface area contributed by atoms with Gasteiger partial charge in [-0.1, -0.05) is 24.3 Å². The molecule has 2 aromatic rings. The zero-order valence-corrected chi connectivity index (χ0v) is 9.12.